The average Bonchev–Trinajstić information content (AvgIpc) is 2.93. The largest absolute Gasteiger partial charge is 0.481 e. The number of aromatic nitrogens is 2. The number of H-pyrrole nitrogens is 1. The van der Waals surface area contributed by atoms with Gasteiger partial charge in [-0.2, -0.15) is 0 Å². The third-order valence-corrected chi connectivity index (χ3v) is 6.47. The molecule has 0 aliphatic heterocycles. The van der Waals surface area contributed by atoms with E-state index >= 15 is 0 Å². The molecule has 0 aliphatic carbocycles. The minimum Gasteiger partial charge on any atom is -0.481 e. The maximum atomic E-state index is 13.4. The van der Waals surface area contributed by atoms with Gasteiger partial charge in [-0.1, -0.05) is 6.07 Å². The van der Waals surface area contributed by atoms with Gasteiger partial charge in [0.25, 0.3) is 11.5 Å². The van der Waals surface area contributed by atoms with Crippen molar-refractivity contribution in [2.24, 2.45) is 5.73 Å². The van der Waals surface area contributed by atoms with E-state index in [1.165, 1.54) is 12.1 Å². The van der Waals surface area contributed by atoms with Crippen molar-refractivity contribution in [3.05, 3.63) is 63.9 Å². The molecule has 222 valence electrons. The first-order valence-electron chi connectivity index (χ1n) is 12.7. The Kier molecular flexibility index (Phi) is 9.93. The Labute approximate surface area is 238 Å². The number of carbonyl (C=O) groups excluding carboxylic acids is 2. The fourth-order valence-electron chi connectivity index (χ4n) is 4.24. The molecule has 15 nitrogen and oxygen atoms in total. The summed E-state index contributed by atoms with van der Waals surface area (Å²) in [4.78, 5) is 81.5. The third kappa shape index (κ3) is 7.66. The number of rotatable bonds is 13. The SMILES string of the molecule is CN(Cc1ccc2nc(N)[nH]c(=O)c2c1)c1ccc(C(=O)N(C(=O)CC[C@H](N)C(=O)O)[C@H](CCC(=O)O)C(=O)O)cc1. The summed E-state index contributed by atoms with van der Waals surface area (Å²) in [6, 6.07) is 7.81. The minimum absolute atomic E-state index is 0.00710. The van der Waals surface area contributed by atoms with Crippen LogP contribution in [0, 0.1) is 0 Å². The van der Waals surface area contributed by atoms with Crippen LogP contribution in [0.2, 0.25) is 0 Å². The fraction of sp³-hybridized carbons (Fsp3) is 0.296. The molecular weight excluding hydrogens is 552 g/mol. The quantitative estimate of drug-likeness (QED) is 0.162. The Balaban J connectivity index is 1.83. The lowest BCUT2D eigenvalue weighted by Gasteiger charge is -2.28. The molecule has 3 aromatic rings. The zero-order valence-corrected chi connectivity index (χ0v) is 22.5. The molecule has 15 heteroatoms. The Bertz CT molecular complexity index is 1570. The van der Waals surface area contributed by atoms with Gasteiger partial charge in [0.05, 0.1) is 10.9 Å². The molecule has 0 bridgehead atoms. The van der Waals surface area contributed by atoms with E-state index in [0.717, 1.165) is 5.56 Å². The standard InChI is InChI=1S/C27H30N6O9/c1-32(13-14-2-8-19-17(12-14)23(37)31-27(29)30-19)16-5-3-15(4-6-16)24(38)33(20(26(41)42)9-11-22(35)36)21(34)10-7-18(28)25(39)40/h2-6,8,12,18,20H,7,9-11,13,28H2,1H3,(H,35,36)(H,39,40)(H,41,42)(H3,29,30,31,37)/t18-,20+/m0/s1. The van der Waals surface area contributed by atoms with Crippen LogP contribution in [0.25, 0.3) is 10.9 Å². The van der Waals surface area contributed by atoms with Crippen LogP contribution in [-0.2, 0) is 25.7 Å². The summed E-state index contributed by atoms with van der Waals surface area (Å²) in [7, 11) is 1.76. The average molecular weight is 583 g/mol. The molecule has 2 atom stereocenters. The summed E-state index contributed by atoms with van der Waals surface area (Å²) in [6.07, 6.45) is -2.09. The van der Waals surface area contributed by atoms with Gasteiger partial charge in [-0.05, 0) is 54.8 Å². The maximum absolute atomic E-state index is 13.4. The number of nitrogens with two attached hydrogens (primary N) is 2. The van der Waals surface area contributed by atoms with Crippen LogP contribution in [0.5, 0.6) is 0 Å². The molecule has 0 fully saturated rings. The topological polar surface area (TPSA) is 250 Å². The molecule has 1 heterocycles. The van der Waals surface area contributed by atoms with Crippen molar-refractivity contribution < 1.29 is 39.3 Å². The van der Waals surface area contributed by atoms with Crippen LogP contribution in [0.15, 0.2) is 47.3 Å². The molecule has 0 spiro atoms. The Morgan fingerprint density at radius 3 is 2.21 bits per heavy atom. The van der Waals surface area contributed by atoms with E-state index in [2.05, 4.69) is 9.97 Å². The second-order valence-electron chi connectivity index (χ2n) is 9.54. The minimum atomic E-state index is -1.80. The fourth-order valence-corrected chi connectivity index (χ4v) is 4.24. The Morgan fingerprint density at radius 2 is 1.62 bits per heavy atom. The number of aliphatic carboxylic acids is 3. The van der Waals surface area contributed by atoms with Gasteiger partial charge >= 0.3 is 17.9 Å². The molecule has 8 N–H and O–H groups in total. The van der Waals surface area contributed by atoms with Gasteiger partial charge in [0, 0.05) is 37.7 Å². The van der Waals surface area contributed by atoms with Gasteiger partial charge in [-0.3, -0.25) is 33.9 Å². The summed E-state index contributed by atoms with van der Waals surface area (Å²) >= 11 is 0. The van der Waals surface area contributed by atoms with E-state index in [1.54, 1.807) is 37.4 Å². The predicted molar refractivity (Wildman–Crippen MR) is 150 cm³/mol. The van der Waals surface area contributed by atoms with Gasteiger partial charge in [-0.25, -0.2) is 9.78 Å². The smallest absolute Gasteiger partial charge is 0.326 e. The van der Waals surface area contributed by atoms with Gasteiger partial charge in [0.1, 0.15) is 12.1 Å². The highest BCUT2D eigenvalue weighted by molar-refractivity contribution is 6.07. The highest BCUT2D eigenvalue weighted by Crippen LogP contribution is 2.21. The van der Waals surface area contributed by atoms with E-state index in [4.69, 9.17) is 21.7 Å². The molecule has 2 aromatic carbocycles. The predicted octanol–water partition coefficient (Wildman–Crippen LogP) is 0.621. The summed E-state index contributed by atoms with van der Waals surface area (Å²) in [5.74, 6) is -6.28. The number of aromatic amines is 1. The summed E-state index contributed by atoms with van der Waals surface area (Å²) < 4.78 is 0. The number of carboxylic acids is 3. The van der Waals surface area contributed by atoms with Crippen LogP contribution in [0.3, 0.4) is 0 Å². The van der Waals surface area contributed by atoms with Gasteiger partial charge in [0.15, 0.2) is 0 Å². The number of fused-ring (bicyclic) bond motifs is 1. The number of carboxylic acid groups (broad SMARTS) is 3. The number of hydrogen-bond donors (Lipinski definition) is 6. The molecule has 0 saturated carbocycles. The number of benzene rings is 2. The number of nitrogen functional groups attached to an aromatic ring is 1. The van der Waals surface area contributed by atoms with Crippen molar-refractivity contribution in [3.8, 4) is 0 Å². The van der Waals surface area contributed by atoms with Gasteiger partial charge in [-0.15, -0.1) is 0 Å². The molecular formula is C27H30N6O9. The molecule has 0 radical (unpaired) electrons. The van der Waals surface area contributed by atoms with Crippen molar-refractivity contribution in [1.82, 2.24) is 14.9 Å². The lowest BCUT2D eigenvalue weighted by atomic mass is 10.0. The number of hydrogen-bond acceptors (Lipinski definition) is 10. The van der Waals surface area contributed by atoms with Crippen LogP contribution in [0.1, 0.15) is 41.6 Å². The number of anilines is 2. The van der Waals surface area contributed by atoms with Crippen LogP contribution in [0.4, 0.5) is 11.6 Å². The number of amides is 2. The van der Waals surface area contributed by atoms with Crippen molar-refractivity contribution >= 4 is 52.3 Å². The molecule has 2 amide bonds. The molecule has 0 saturated heterocycles. The Morgan fingerprint density at radius 1 is 0.952 bits per heavy atom. The van der Waals surface area contributed by atoms with E-state index in [-0.39, 0.29) is 23.5 Å². The van der Waals surface area contributed by atoms with E-state index in [1.807, 2.05) is 4.90 Å². The number of nitrogens with zero attached hydrogens (tertiary/aromatic N) is 3. The molecule has 0 aliphatic rings. The second kappa shape index (κ2) is 13.4. The molecule has 0 unspecified atom stereocenters. The third-order valence-electron chi connectivity index (χ3n) is 6.47. The van der Waals surface area contributed by atoms with Gasteiger partial charge in [0.2, 0.25) is 11.9 Å². The van der Waals surface area contributed by atoms with Crippen molar-refractivity contribution in [2.75, 3.05) is 17.7 Å². The highest BCUT2D eigenvalue weighted by atomic mass is 16.4. The van der Waals surface area contributed by atoms with Crippen LogP contribution < -0.4 is 21.9 Å². The molecule has 1 aromatic heterocycles. The second-order valence-corrected chi connectivity index (χ2v) is 9.54. The van der Waals surface area contributed by atoms with Crippen LogP contribution >= 0.6 is 0 Å². The monoisotopic (exact) mass is 582 g/mol. The lowest BCUT2D eigenvalue weighted by Crippen LogP contribution is -2.49. The molecule has 42 heavy (non-hydrogen) atoms. The normalized spacial score (nSPS) is 12.3. The van der Waals surface area contributed by atoms with Crippen molar-refractivity contribution in [1.29, 1.82) is 0 Å². The first-order valence-corrected chi connectivity index (χ1v) is 12.7. The Hall–Kier alpha value is -5.31. The summed E-state index contributed by atoms with van der Waals surface area (Å²) in [5, 5.41) is 28.1. The van der Waals surface area contributed by atoms with E-state index in [9.17, 15) is 33.9 Å². The number of nitrogens with one attached hydrogen (secondary N) is 1. The first kappa shape index (κ1) is 31.2. The maximum Gasteiger partial charge on any atom is 0.326 e. The van der Waals surface area contributed by atoms with Gasteiger partial charge < -0.3 is 31.7 Å². The first-order chi connectivity index (χ1) is 19.8. The summed E-state index contributed by atoms with van der Waals surface area (Å²) in [6.45, 7) is 0.359. The van der Waals surface area contributed by atoms with E-state index < -0.39 is 61.1 Å². The van der Waals surface area contributed by atoms with E-state index in [0.29, 0.717) is 28.0 Å². The van der Waals surface area contributed by atoms with Crippen molar-refractivity contribution in [3.63, 3.8) is 0 Å². The lowest BCUT2D eigenvalue weighted by molar-refractivity contribution is -0.149. The highest BCUT2D eigenvalue weighted by Gasteiger charge is 2.35. The number of carbonyl (C=O) groups is 5. The summed E-state index contributed by atoms with van der Waals surface area (Å²) in [5.41, 5.74) is 12.5. The van der Waals surface area contributed by atoms with Crippen LogP contribution in [-0.4, -0.2) is 79.0 Å². The number of imide groups is 1. The zero-order valence-electron chi connectivity index (χ0n) is 22.5. The zero-order chi connectivity index (χ0) is 31.1. The molecule has 3 rings (SSSR count). The van der Waals surface area contributed by atoms with Crippen molar-refractivity contribution in [2.45, 2.75) is 44.3 Å².